The average Bonchev–Trinajstić information content (AvgIpc) is 3.39. The molecule has 216 valence electrons. The lowest BCUT2D eigenvalue weighted by Crippen LogP contribution is -2.50. The second-order valence-corrected chi connectivity index (χ2v) is 12.1. The number of fused-ring (bicyclic) bond motifs is 2. The molecule has 42 heavy (non-hydrogen) atoms. The van der Waals surface area contributed by atoms with Gasteiger partial charge in [-0.1, -0.05) is 41.9 Å². The van der Waals surface area contributed by atoms with Crippen LogP contribution in [-0.4, -0.2) is 60.3 Å². The number of aromatic nitrogens is 1. The fourth-order valence-corrected chi connectivity index (χ4v) is 5.99. The Morgan fingerprint density at radius 1 is 0.881 bits per heavy atom. The number of piperazine rings is 1. The molecule has 1 fully saturated rings. The maximum absolute atomic E-state index is 13.7. The smallest absolute Gasteiger partial charge is 0.410 e. The standard InChI is InChI=1S/C33H34ClN5O3/c1-33(2,3)42-32(41)38-18-16-37(17-19-38)30-21-29-23(20-27(30)34)12-15-39(29)31(40)36-28-9-8-24(22-10-13-35-14-11-22)25-6-4-5-7-26(25)28/h4-11,13-14,20-21H,12,15-19H2,1-3H3,(H,36,40). The largest absolute Gasteiger partial charge is 0.444 e. The molecular formula is C33H34ClN5O3. The number of hydrogen-bond donors (Lipinski definition) is 1. The van der Waals surface area contributed by atoms with Crippen molar-refractivity contribution in [1.29, 1.82) is 0 Å². The Bertz CT molecular complexity index is 1650. The van der Waals surface area contributed by atoms with Gasteiger partial charge in [-0.15, -0.1) is 0 Å². The Morgan fingerprint density at radius 2 is 1.60 bits per heavy atom. The zero-order valence-corrected chi connectivity index (χ0v) is 24.8. The van der Waals surface area contributed by atoms with E-state index in [9.17, 15) is 9.59 Å². The fraction of sp³-hybridized carbons (Fsp3) is 0.303. The van der Waals surface area contributed by atoms with Crippen molar-refractivity contribution in [2.24, 2.45) is 0 Å². The Morgan fingerprint density at radius 3 is 2.31 bits per heavy atom. The number of anilines is 3. The van der Waals surface area contributed by atoms with E-state index in [-0.39, 0.29) is 12.1 Å². The van der Waals surface area contributed by atoms with E-state index >= 15 is 0 Å². The van der Waals surface area contributed by atoms with Crippen LogP contribution < -0.4 is 15.1 Å². The Kier molecular flexibility index (Phi) is 7.41. The van der Waals surface area contributed by atoms with Crippen molar-refractivity contribution in [3.8, 4) is 11.1 Å². The lowest BCUT2D eigenvalue weighted by molar-refractivity contribution is 0.0240. The molecule has 0 unspecified atom stereocenters. The number of halogens is 1. The predicted octanol–water partition coefficient (Wildman–Crippen LogP) is 7.21. The molecule has 1 N–H and O–H groups in total. The van der Waals surface area contributed by atoms with Crippen LogP contribution in [0.3, 0.4) is 0 Å². The van der Waals surface area contributed by atoms with Gasteiger partial charge in [0.25, 0.3) is 0 Å². The highest BCUT2D eigenvalue weighted by atomic mass is 35.5. The highest BCUT2D eigenvalue weighted by Crippen LogP contribution is 2.39. The first-order valence-electron chi connectivity index (χ1n) is 14.2. The van der Waals surface area contributed by atoms with Crippen molar-refractivity contribution in [2.45, 2.75) is 32.8 Å². The Balaban J connectivity index is 1.21. The third-order valence-corrected chi connectivity index (χ3v) is 8.02. The summed E-state index contributed by atoms with van der Waals surface area (Å²) in [5.41, 5.74) is 5.16. The van der Waals surface area contributed by atoms with Crippen LogP contribution in [0.25, 0.3) is 21.9 Å². The van der Waals surface area contributed by atoms with E-state index < -0.39 is 5.60 Å². The predicted molar refractivity (Wildman–Crippen MR) is 169 cm³/mol. The van der Waals surface area contributed by atoms with Crippen molar-refractivity contribution in [3.05, 3.63) is 83.6 Å². The SMILES string of the molecule is CC(C)(C)OC(=O)N1CCN(c2cc3c(cc2Cl)CCN3C(=O)Nc2ccc(-c3ccncc3)c3ccccc23)CC1. The maximum atomic E-state index is 13.7. The van der Waals surface area contributed by atoms with Crippen LogP contribution in [0.15, 0.2) is 73.1 Å². The minimum atomic E-state index is -0.532. The Labute approximate surface area is 250 Å². The number of nitrogens with one attached hydrogen (secondary N) is 1. The van der Waals surface area contributed by atoms with Crippen LogP contribution in [0.5, 0.6) is 0 Å². The van der Waals surface area contributed by atoms with Gasteiger partial charge in [0.05, 0.1) is 22.1 Å². The van der Waals surface area contributed by atoms with Crippen molar-refractivity contribution in [1.82, 2.24) is 9.88 Å². The second-order valence-electron chi connectivity index (χ2n) is 11.7. The van der Waals surface area contributed by atoms with Crippen LogP contribution >= 0.6 is 11.6 Å². The molecule has 3 aromatic carbocycles. The molecule has 3 heterocycles. The number of carbonyl (C=O) groups excluding carboxylic acids is 2. The highest BCUT2D eigenvalue weighted by molar-refractivity contribution is 6.33. The first-order valence-corrected chi connectivity index (χ1v) is 14.6. The molecule has 0 spiro atoms. The van der Waals surface area contributed by atoms with Gasteiger partial charge in [0.2, 0.25) is 0 Å². The number of urea groups is 1. The van der Waals surface area contributed by atoms with E-state index in [1.54, 1.807) is 22.2 Å². The van der Waals surface area contributed by atoms with E-state index in [4.69, 9.17) is 16.3 Å². The summed E-state index contributed by atoms with van der Waals surface area (Å²) in [6, 6.07) is 19.9. The molecule has 3 amide bonds. The summed E-state index contributed by atoms with van der Waals surface area (Å²) in [7, 11) is 0. The first kappa shape index (κ1) is 27.8. The average molecular weight is 584 g/mol. The maximum Gasteiger partial charge on any atom is 0.410 e. The number of benzene rings is 3. The monoisotopic (exact) mass is 583 g/mol. The van der Waals surface area contributed by atoms with E-state index in [1.165, 1.54) is 0 Å². The lowest BCUT2D eigenvalue weighted by Gasteiger charge is -2.37. The Hall–Kier alpha value is -4.30. The lowest BCUT2D eigenvalue weighted by atomic mass is 9.98. The molecule has 0 aliphatic carbocycles. The molecular weight excluding hydrogens is 550 g/mol. The normalized spacial score (nSPS) is 15.1. The quantitative estimate of drug-likeness (QED) is 0.276. The van der Waals surface area contributed by atoms with Gasteiger partial charge < -0.3 is 19.9 Å². The zero-order valence-electron chi connectivity index (χ0n) is 24.1. The third kappa shape index (κ3) is 5.59. The third-order valence-electron chi connectivity index (χ3n) is 7.72. The molecule has 0 saturated carbocycles. The molecule has 4 aromatic rings. The molecule has 6 rings (SSSR count). The first-order chi connectivity index (χ1) is 20.2. The number of ether oxygens (including phenoxy) is 1. The number of amides is 3. The van der Waals surface area contributed by atoms with Gasteiger partial charge in [0, 0.05) is 50.5 Å². The molecule has 0 atom stereocenters. The molecule has 8 nitrogen and oxygen atoms in total. The summed E-state index contributed by atoms with van der Waals surface area (Å²) in [4.78, 5) is 36.0. The van der Waals surface area contributed by atoms with Crippen molar-refractivity contribution in [3.63, 3.8) is 0 Å². The summed E-state index contributed by atoms with van der Waals surface area (Å²) in [6.45, 7) is 8.50. The van der Waals surface area contributed by atoms with Crippen molar-refractivity contribution >= 4 is 51.6 Å². The van der Waals surface area contributed by atoms with Gasteiger partial charge in [0.1, 0.15) is 5.60 Å². The second kappa shape index (κ2) is 11.2. The van der Waals surface area contributed by atoms with E-state index in [0.717, 1.165) is 50.9 Å². The molecule has 2 aliphatic heterocycles. The molecule has 0 bridgehead atoms. The number of hydrogen-bond acceptors (Lipinski definition) is 5. The number of rotatable bonds is 3. The van der Waals surface area contributed by atoms with Crippen molar-refractivity contribution < 1.29 is 14.3 Å². The highest BCUT2D eigenvalue weighted by Gasteiger charge is 2.30. The van der Waals surface area contributed by atoms with Gasteiger partial charge in [-0.05, 0) is 79.6 Å². The summed E-state index contributed by atoms with van der Waals surface area (Å²) in [5.74, 6) is 0. The van der Waals surface area contributed by atoms with Crippen LogP contribution in [0, 0.1) is 0 Å². The van der Waals surface area contributed by atoms with Gasteiger partial charge in [-0.2, -0.15) is 0 Å². The van der Waals surface area contributed by atoms with E-state index in [1.807, 2.05) is 75.4 Å². The summed E-state index contributed by atoms with van der Waals surface area (Å²) in [6.07, 6.45) is 4.00. The number of nitrogens with zero attached hydrogens (tertiary/aromatic N) is 4. The van der Waals surface area contributed by atoms with E-state index in [0.29, 0.717) is 37.7 Å². The fourth-order valence-electron chi connectivity index (χ4n) is 5.68. The molecule has 1 aromatic heterocycles. The van der Waals surface area contributed by atoms with Crippen LogP contribution in [-0.2, 0) is 11.2 Å². The summed E-state index contributed by atoms with van der Waals surface area (Å²) >= 11 is 6.75. The van der Waals surface area contributed by atoms with Crippen LogP contribution in [0.1, 0.15) is 26.3 Å². The molecule has 0 radical (unpaired) electrons. The number of carbonyl (C=O) groups is 2. The summed E-state index contributed by atoms with van der Waals surface area (Å²) in [5, 5.41) is 5.85. The molecule has 9 heteroatoms. The van der Waals surface area contributed by atoms with Gasteiger partial charge >= 0.3 is 12.1 Å². The minimum Gasteiger partial charge on any atom is -0.444 e. The van der Waals surface area contributed by atoms with Crippen LogP contribution in [0.4, 0.5) is 26.7 Å². The number of pyridine rings is 1. The molecule has 2 aliphatic rings. The zero-order chi connectivity index (χ0) is 29.4. The van der Waals surface area contributed by atoms with Crippen molar-refractivity contribution in [2.75, 3.05) is 47.8 Å². The topological polar surface area (TPSA) is 78.0 Å². The molecule has 1 saturated heterocycles. The van der Waals surface area contributed by atoms with E-state index in [2.05, 4.69) is 21.3 Å². The van der Waals surface area contributed by atoms with Gasteiger partial charge in [-0.3, -0.25) is 9.88 Å². The van der Waals surface area contributed by atoms with Gasteiger partial charge in [-0.25, -0.2) is 9.59 Å². The van der Waals surface area contributed by atoms with Crippen LogP contribution in [0.2, 0.25) is 5.02 Å². The minimum absolute atomic E-state index is 0.182. The van der Waals surface area contributed by atoms with Gasteiger partial charge in [0.15, 0.2) is 0 Å². The summed E-state index contributed by atoms with van der Waals surface area (Å²) < 4.78 is 5.54.